The number of hydrogen-bond donors (Lipinski definition) is 0. The van der Waals surface area contributed by atoms with Gasteiger partial charge < -0.3 is 0 Å². The number of nitrogens with zero attached hydrogens (tertiary/aromatic N) is 4. The Bertz CT molecular complexity index is 912. The van der Waals surface area contributed by atoms with Crippen LogP contribution in [-0.4, -0.2) is 47.0 Å². The average molecular weight is 423 g/mol. The van der Waals surface area contributed by atoms with Gasteiger partial charge in [0.05, 0.1) is 18.1 Å². The lowest BCUT2D eigenvalue weighted by Gasteiger charge is -2.29. The predicted octanol–water partition coefficient (Wildman–Crippen LogP) is 3.78. The molecular formula is C20H30N4O2S2. The molecule has 0 N–H and O–H groups in total. The first-order chi connectivity index (χ1) is 13.4. The van der Waals surface area contributed by atoms with E-state index < -0.39 is 10.0 Å². The van der Waals surface area contributed by atoms with Gasteiger partial charge in [0.15, 0.2) is 0 Å². The van der Waals surface area contributed by atoms with Crippen molar-refractivity contribution in [2.45, 2.75) is 64.1 Å². The molecule has 8 heteroatoms. The van der Waals surface area contributed by atoms with E-state index in [0.29, 0.717) is 42.3 Å². The van der Waals surface area contributed by atoms with Crippen LogP contribution in [0.5, 0.6) is 0 Å². The highest BCUT2D eigenvalue weighted by Gasteiger charge is 2.34. The first-order valence-corrected chi connectivity index (χ1v) is 12.5. The molecule has 0 spiro atoms. The van der Waals surface area contributed by atoms with E-state index in [1.807, 2.05) is 18.5 Å². The maximum Gasteiger partial charge on any atom is 0.246 e. The second kappa shape index (κ2) is 7.89. The lowest BCUT2D eigenvalue weighted by atomic mass is 10.0. The molecule has 28 heavy (non-hydrogen) atoms. The number of likely N-dealkylation sites (tertiary alicyclic amines) is 1. The van der Waals surface area contributed by atoms with Gasteiger partial charge in [-0.15, -0.1) is 11.3 Å². The molecule has 2 fully saturated rings. The van der Waals surface area contributed by atoms with Gasteiger partial charge in [-0.25, -0.2) is 8.42 Å². The Morgan fingerprint density at radius 2 is 1.93 bits per heavy atom. The van der Waals surface area contributed by atoms with Gasteiger partial charge in [0.25, 0.3) is 0 Å². The topological polar surface area (TPSA) is 58.4 Å². The van der Waals surface area contributed by atoms with Crippen molar-refractivity contribution in [2.24, 2.45) is 5.92 Å². The van der Waals surface area contributed by atoms with Crippen LogP contribution in [0.4, 0.5) is 0 Å². The van der Waals surface area contributed by atoms with Gasteiger partial charge in [0.2, 0.25) is 10.0 Å². The van der Waals surface area contributed by atoms with Crippen LogP contribution in [0.3, 0.4) is 0 Å². The highest BCUT2D eigenvalue weighted by molar-refractivity contribution is 7.89. The van der Waals surface area contributed by atoms with Crippen molar-refractivity contribution < 1.29 is 8.42 Å². The van der Waals surface area contributed by atoms with E-state index in [1.54, 1.807) is 15.6 Å². The molecule has 0 amide bonds. The summed E-state index contributed by atoms with van der Waals surface area (Å²) in [5, 5.41) is 6.76. The van der Waals surface area contributed by atoms with Crippen LogP contribution in [0.25, 0.3) is 0 Å². The highest BCUT2D eigenvalue weighted by atomic mass is 32.2. The monoisotopic (exact) mass is 422 g/mol. The average Bonchev–Trinajstić information content (AvgIpc) is 3.37. The summed E-state index contributed by atoms with van der Waals surface area (Å²) in [4.78, 5) is 4.22. The van der Waals surface area contributed by atoms with E-state index in [2.05, 4.69) is 34.4 Å². The predicted molar refractivity (Wildman–Crippen MR) is 112 cm³/mol. The molecule has 1 atom stereocenters. The third kappa shape index (κ3) is 3.67. The fourth-order valence-corrected chi connectivity index (χ4v) is 7.25. The number of thiophene rings is 1. The van der Waals surface area contributed by atoms with E-state index in [4.69, 9.17) is 0 Å². The fraction of sp³-hybridized carbons (Fsp3) is 0.650. The molecular weight excluding hydrogens is 392 g/mol. The van der Waals surface area contributed by atoms with Gasteiger partial charge in [-0.2, -0.15) is 9.40 Å². The van der Waals surface area contributed by atoms with Crippen molar-refractivity contribution in [3.8, 4) is 0 Å². The van der Waals surface area contributed by atoms with Crippen molar-refractivity contribution in [2.75, 3.05) is 19.6 Å². The van der Waals surface area contributed by atoms with Crippen LogP contribution < -0.4 is 0 Å². The standard InChI is InChI=1S/C20H30N4O2S2/c1-15-8-11-23(12-9-15)28(25,26)20-16(2)21-24(17(20)3)14-22-10-4-6-18(22)19-7-5-13-27-19/h5,7,13,15,18H,4,6,8-12,14H2,1-3H3/t18-/m0/s1. The number of aryl methyl sites for hydroxylation is 1. The van der Waals surface area contributed by atoms with Crippen molar-refractivity contribution >= 4 is 21.4 Å². The highest BCUT2D eigenvalue weighted by Crippen LogP contribution is 2.35. The molecule has 0 radical (unpaired) electrons. The Hall–Kier alpha value is -1.22. The second-order valence-corrected chi connectivity index (χ2v) is 11.1. The minimum atomic E-state index is -3.48. The Morgan fingerprint density at radius 3 is 2.61 bits per heavy atom. The van der Waals surface area contributed by atoms with Gasteiger partial charge in [0.1, 0.15) is 4.90 Å². The number of piperidine rings is 1. The molecule has 4 rings (SSSR count). The normalized spacial score (nSPS) is 22.9. The molecule has 2 aliphatic heterocycles. The summed E-state index contributed by atoms with van der Waals surface area (Å²) in [5.74, 6) is 0.598. The van der Waals surface area contributed by atoms with Crippen molar-refractivity contribution in [1.82, 2.24) is 19.0 Å². The Labute approximate surface area is 172 Å². The zero-order chi connectivity index (χ0) is 19.9. The first-order valence-electron chi connectivity index (χ1n) is 10.2. The van der Waals surface area contributed by atoms with Gasteiger partial charge in [-0.1, -0.05) is 13.0 Å². The molecule has 0 unspecified atom stereocenters. The first kappa shape index (κ1) is 20.1. The molecule has 0 saturated carbocycles. The molecule has 2 aromatic heterocycles. The maximum atomic E-state index is 13.3. The molecule has 154 valence electrons. The molecule has 2 aromatic rings. The number of rotatable bonds is 5. The lowest BCUT2D eigenvalue weighted by Crippen LogP contribution is -2.38. The minimum Gasteiger partial charge on any atom is -0.276 e. The van der Waals surface area contributed by atoms with E-state index in [1.165, 1.54) is 11.3 Å². The van der Waals surface area contributed by atoms with Crippen molar-refractivity contribution in [3.05, 3.63) is 33.8 Å². The summed E-state index contributed by atoms with van der Waals surface area (Å²) < 4.78 is 30.1. The minimum absolute atomic E-state index is 0.410. The van der Waals surface area contributed by atoms with Crippen LogP contribution >= 0.6 is 11.3 Å². The molecule has 2 saturated heterocycles. The lowest BCUT2D eigenvalue weighted by molar-refractivity contribution is 0.191. The van der Waals surface area contributed by atoms with Gasteiger partial charge in [-0.3, -0.25) is 9.58 Å². The maximum absolute atomic E-state index is 13.3. The van der Waals surface area contributed by atoms with Gasteiger partial charge in [0, 0.05) is 30.6 Å². The summed E-state index contributed by atoms with van der Waals surface area (Å²) in [5.41, 5.74) is 1.37. The fourth-order valence-electron chi connectivity index (χ4n) is 4.52. The van der Waals surface area contributed by atoms with Crippen LogP contribution in [0, 0.1) is 19.8 Å². The molecule has 2 aliphatic rings. The Balaban J connectivity index is 1.57. The van der Waals surface area contributed by atoms with E-state index in [9.17, 15) is 8.42 Å². The quantitative estimate of drug-likeness (QED) is 0.736. The van der Waals surface area contributed by atoms with E-state index in [0.717, 1.165) is 31.5 Å². The summed E-state index contributed by atoms with van der Waals surface area (Å²) >= 11 is 1.80. The van der Waals surface area contributed by atoms with Crippen molar-refractivity contribution in [3.63, 3.8) is 0 Å². The van der Waals surface area contributed by atoms with Crippen LogP contribution in [0.15, 0.2) is 22.4 Å². The largest absolute Gasteiger partial charge is 0.276 e. The molecule has 0 bridgehead atoms. The molecule has 6 nitrogen and oxygen atoms in total. The Morgan fingerprint density at radius 1 is 1.18 bits per heavy atom. The van der Waals surface area contributed by atoms with Gasteiger partial charge >= 0.3 is 0 Å². The van der Waals surface area contributed by atoms with Crippen molar-refractivity contribution in [1.29, 1.82) is 0 Å². The van der Waals surface area contributed by atoms with E-state index in [-0.39, 0.29) is 0 Å². The smallest absolute Gasteiger partial charge is 0.246 e. The number of aromatic nitrogens is 2. The van der Waals surface area contributed by atoms with Crippen LogP contribution in [0.2, 0.25) is 0 Å². The zero-order valence-corrected chi connectivity index (χ0v) is 18.6. The third-order valence-electron chi connectivity index (χ3n) is 6.21. The zero-order valence-electron chi connectivity index (χ0n) is 17.0. The molecule has 0 aromatic carbocycles. The third-order valence-corrected chi connectivity index (χ3v) is 9.33. The second-order valence-electron chi connectivity index (χ2n) is 8.21. The van der Waals surface area contributed by atoms with Crippen LogP contribution in [0.1, 0.15) is 54.9 Å². The number of sulfonamides is 1. The molecule has 4 heterocycles. The summed E-state index contributed by atoms with van der Waals surface area (Å²) in [6.07, 6.45) is 4.18. The SMILES string of the molecule is Cc1nn(CN2CCC[C@H]2c2cccs2)c(C)c1S(=O)(=O)N1CCC(C)CC1. The summed E-state index contributed by atoms with van der Waals surface area (Å²) in [6.45, 7) is 8.80. The summed E-state index contributed by atoms with van der Waals surface area (Å²) in [7, 11) is -3.48. The summed E-state index contributed by atoms with van der Waals surface area (Å²) in [6, 6.07) is 4.71. The molecule has 0 aliphatic carbocycles. The van der Waals surface area contributed by atoms with E-state index >= 15 is 0 Å². The number of hydrogen-bond acceptors (Lipinski definition) is 5. The van der Waals surface area contributed by atoms with Crippen LogP contribution in [-0.2, 0) is 16.7 Å². The van der Waals surface area contributed by atoms with Gasteiger partial charge in [-0.05, 0) is 56.9 Å². The Kier molecular flexibility index (Phi) is 5.66.